The van der Waals surface area contributed by atoms with Gasteiger partial charge in [-0.3, -0.25) is 5.10 Å². The molecular weight excluding hydrogens is 318 g/mol. The normalized spacial score (nSPS) is 10.8. The van der Waals surface area contributed by atoms with Crippen LogP contribution in [0, 0.1) is 0 Å². The Bertz CT molecular complexity index is 831. The molecule has 0 spiro atoms. The summed E-state index contributed by atoms with van der Waals surface area (Å²) in [5.41, 5.74) is 3.96. The number of benzene rings is 2. The predicted octanol–water partition coefficient (Wildman–Crippen LogP) is 3.67. The highest BCUT2D eigenvalue weighted by Gasteiger charge is 2.11. The van der Waals surface area contributed by atoms with Crippen molar-refractivity contribution in [2.24, 2.45) is 0 Å². The van der Waals surface area contributed by atoms with Gasteiger partial charge in [-0.1, -0.05) is 41.6 Å². The number of H-pyrrole nitrogens is 1. The van der Waals surface area contributed by atoms with E-state index in [2.05, 4.69) is 15.4 Å². The van der Waals surface area contributed by atoms with Crippen molar-refractivity contribution in [2.75, 3.05) is 21.3 Å². The van der Waals surface area contributed by atoms with E-state index in [1.807, 2.05) is 48.6 Å². The number of nitrogens with one attached hydrogen (secondary N) is 1. The van der Waals surface area contributed by atoms with E-state index in [0.717, 1.165) is 22.4 Å². The first kappa shape index (κ1) is 16.6. The van der Waals surface area contributed by atoms with Crippen LogP contribution in [0.25, 0.3) is 23.4 Å². The standard InChI is InChI=1S/C19H19N3O3/c1-23-17-10-14(11-18(24-2)19(17)25-3)5-4-13-6-8-15(9-7-13)16-12-20-22-21-16/h4-12H,1-3H3,(H,20,21,22). The number of methoxy groups -OCH3 is 3. The average molecular weight is 337 g/mol. The van der Waals surface area contributed by atoms with Crippen LogP contribution in [0.2, 0.25) is 0 Å². The molecule has 1 N–H and O–H groups in total. The number of nitrogens with zero attached hydrogens (tertiary/aromatic N) is 2. The second kappa shape index (κ2) is 7.53. The van der Waals surface area contributed by atoms with Crippen LogP contribution in [0.5, 0.6) is 17.2 Å². The lowest BCUT2D eigenvalue weighted by atomic mass is 10.1. The maximum absolute atomic E-state index is 5.37. The number of hydrogen-bond acceptors (Lipinski definition) is 5. The van der Waals surface area contributed by atoms with Crippen LogP contribution >= 0.6 is 0 Å². The largest absolute Gasteiger partial charge is 0.493 e. The van der Waals surface area contributed by atoms with Crippen molar-refractivity contribution < 1.29 is 14.2 Å². The summed E-state index contributed by atoms with van der Waals surface area (Å²) in [4.78, 5) is 0. The van der Waals surface area contributed by atoms with Gasteiger partial charge in [-0.15, -0.1) is 5.10 Å². The van der Waals surface area contributed by atoms with Gasteiger partial charge >= 0.3 is 0 Å². The summed E-state index contributed by atoms with van der Waals surface area (Å²) in [5.74, 6) is 1.84. The van der Waals surface area contributed by atoms with Crippen molar-refractivity contribution in [1.29, 1.82) is 0 Å². The van der Waals surface area contributed by atoms with Gasteiger partial charge in [-0.25, -0.2) is 0 Å². The van der Waals surface area contributed by atoms with Crippen molar-refractivity contribution in [3.05, 3.63) is 53.7 Å². The molecule has 0 unspecified atom stereocenters. The van der Waals surface area contributed by atoms with Crippen LogP contribution in [-0.2, 0) is 0 Å². The van der Waals surface area contributed by atoms with E-state index >= 15 is 0 Å². The molecule has 0 saturated carbocycles. The molecule has 0 radical (unpaired) electrons. The Labute approximate surface area is 146 Å². The van der Waals surface area contributed by atoms with Gasteiger partial charge < -0.3 is 14.2 Å². The van der Waals surface area contributed by atoms with Gasteiger partial charge in [0.2, 0.25) is 5.75 Å². The minimum absolute atomic E-state index is 0.583. The van der Waals surface area contributed by atoms with E-state index in [1.165, 1.54) is 0 Å². The molecule has 6 nitrogen and oxygen atoms in total. The first-order chi connectivity index (χ1) is 12.2. The number of hydrogen-bond donors (Lipinski definition) is 1. The molecule has 0 aliphatic carbocycles. The highest BCUT2D eigenvalue weighted by molar-refractivity contribution is 5.73. The number of rotatable bonds is 6. The third-order valence-electron chi connectivity index (χ3n) is 3.79. The topological polar surface area (TPSA) is 69.3 Å². The summed E-state index contributed by atoms with van der Waals surface area (Å²) in [5, 5.41) is 10.4. The summed E-state index contributed by atoms with van der Waals surface area (Å²) in [7, 11) is 4.80. The lowest BCUT2D eigenvalue weighted by molar-refractivity contribution is 0.324. The van der Waals surface area contributed by atoms with E-state index in [-0.39, 0.29) is 0 Å². The van der Waals surface area contributed by atoms with Crippen molar-refractivity contribution in [2.45, 2.75) is 0 Å². The van der Waals surface area contributed by atoms with Gasteiger partial charge in [0.25, 0.3) is 0 Å². The van der Waals surface area contributed by atoms with E-state index in [0.29, 0.717) is 17.2 Å². The molecule has 0 bridgehead atoms. The van der Waals surface area contributed by atoms with Gasteiger partial charge in [0, 0.05) is 5.56 Å². The molecule has 0 atom stereocenters. The minimum Gasteiger partial charge on any atom is -0.493 e. The monoisotopic (exact) mass is 337 g/mol. The molecule has 6 heteroatoms. The summed E-state index contributed by atoms with van der Waals surface area (Å²) < 4.78 is 16.1. The van der Waals surface area contributed by atoms with E-state index in [1.54, 1.807) is 27.5 Å². The van der Waals surface area contributed by atoms with Crippen LogP contribution in [0.1, 0.15) is 11.1 Å². The zero-order chi connectivity index (χ0) is 17.6. The Morgan fingerprint density at radius 2 is 1.48 bits per heavy atom. The van der Waals surface area contributed by atoms with Gasteiger partial charge in [-0.05, 0) is 23.3 Å². The molecule has 128 valence electrons. The first-order valence-corrected chi connectivity index (χ1v) is 7.69. The third kappa shape index (κ3) is 3.63. The lowest BCUT2D eigenvalue weighted by Crippen LogP contribution is -1.95. The molecule has 1 heterocycles. The second-order valence-corrected chi connectivity index (χ2v) is 5.28. The van der Waals surface area contributed by atoms with Crippen molar-refractivity contribution in [3.8, 4) is 28.5 Å². The van der Waals surface area contributed by atoms with Crippen LogP contribution in [0.4, 0.5) is 0 Å². The molecule has 0 amide bonds. The zero-order valence-electron chi connectivity index (χ0n) is 14.3. The predicted molar refractivity (Wildman–Crippen MR) is 96.8 cm³/mol. The summed E-state index contributed by atoms with van der Waals surface area (Å²) in [6.45, 7) is 0. The highest BCUT2D eigenvalue weighted by Crippen LogP contribution is 2.38. The first-order valence-electron chi connectivity index (χ1n) is 7.69. The summed E-state index contributed by atoms with van der Waals surface area (Å²) in [6.07, 6.45) is 5.72. The number of ether oxygens (including phenoxy) is 3. The smallest absolute Gasteiger partial charge is 0.203 e. The fourth-order valence-electron chi connectivity index (χ4n) is 2.50. The quantitative estimate of drug-likeness (QED) is 0.695. The Kier molecular flexibility index (Phi) is 4.99. The Hall–Kier alpha value is -3.28. The molecule has 0 aliphatic rings. The van der Waals surface area contributed by atoms with Crippen molar-refractivity contribution in [3.63, 3.8) is 0 Å². The van der Waals surface area contributed by atoms with Crippen LogP contribution < -0.4 is 14.2 Å². The fourth-order valence-corrected chi connectivity index (χ4v) is 2.50. The maximum Gasteiger partial charge on any atom is 0.203 e. The minimum atomic E-state index is 0.583. The molecule has 0 saturated heterocycles. The number of aromatic nitrogens is 3. The van der Waals surface area contributed by atoms with Gasteiger partial charge in [0.05, 0.1) is 33.2 Å². The van der Waals surface area contributed by atoms with Crippen LogP contribution in [0.15, 0.2) is 42.6 Å². The molecule has 0 aliphatic heterocycles. The van der Waals surface area contributed by atoms with Crippen molar-refractivity contribution in [1.82, 2.24) is 15.4 Å². The maximum atomic E-state index is 5.37. The Morgan fingerprint density at radius 3 is 2.00 bits per heavy atom. The summed E-state index contributed by atoms with van der Waals surface area (Å²) >= 11 is 0. The lowest BCUT2D eigenvalue weighted by Gasteiger charge is -2.12. The summed E-state index contributed by atoms with van der Waals surface area (Å²) in [6, 6.07) is 11.9. The molecular formula is C19H19N3O3. The van der Waals surface area contributed by atoms with E-state index < -0.39 is 0 Å². The Balaban J connectivity index is 1.84. The van der Waals surface area contributed by atoms with Gasteiger partial charge in [0.1, 0.15) is 0 Å². The van der Waals surface area contributed by atoms with Gasteiger partial charge in [-0.2, -0.15) is 0 Å². The fraction of sp³-hybridized carbons (Fsp3) is 0.158. The molecule has 2 aromatic carbocycles. The highest BCUT2D eigenvalue weighted by atomic mass is 16.5. The Morgan fingerprint density at radius 1 is 0.840 bits per heavy atom. The molecule has 3 rings (SSSR count). The zero-order valence-corrected chi connectivity index (χ0v) is 14.3. The molecule has 3 aromatic rings. The van der Waals surface area contributed by atoms with Gasteiger partial charge in [0.15, 0.2) is 11.5 Å². The third-order valence-corrected chi connectivity index (χ3v) is 3.79. The average Bonchev–Trinajstić information content (AvgIpc) is 3.20. The van der Waals surface area contributed by atoms with Crippen molar-refractivity contribution >= 4 is 12.2 Å². The number of aromatic amines is 1. The molecule has 0 fully saturated rings. The molecule has 25 heavy (non-hydrogen) atoms. The van der Waals surface area contributed by atoms with Crippen LogP contribution in [-0.4, -0.2) is 36.7 Å². The molecule has 1 aromatic heterocycles. The van der Waals surface area contributed by atoms with E-state index in [9.17, 15) is 0 Å². The van der Waals surface area contributed by atoms with Crippen LogP contribution in [0.3, 0.4) is 0 Å². The second-order valence-electron chi connectivity index (χ2n) is 5.28. The SMILES string of the molecule is COc1cc(C=Cc2ccc(-c3cnn[nH]3)cc2)cc(OC)c1OC. The van der Waals surface area contributed by atoms with E-state index in [4.69, 9.17) is 14.2 Å².